The van der Waals surface area contributed by atoms with Crippen LogP contribution in [0.1, 0.15) is 46.0 Å². The molecule has 3 aromatic carbocycles. The number of benzene rings is 3. The lowest BCUT2D eigenvalue weighted by atomic mass is 9.94. The largest absolute Gasteiger partial charge is 0.323 e. The Morgan fingerprint density at radius 1 is 0.970 bits per heavy atom. The summed E-state index contributed by atoms with van der Waals surface area (Å²) in [6.07, 6.45) is 0.445. The first kappa shape index (κ1) is 21.7. The first-order valence-electron chi connectivity index (χ1n) is 11.4. The van der Waals surface area contributed by atoms with Crippen LogP contribution in [0.15, 0.2) is 54.6 Å². The van der Waals surface area contributed by atoms with Gasteiger partial charge in [0, 0.05) is 36.1 Å². The minimum atomic E-state index is 0.0235. The highest BCUT2D eigenvalue weighted by Crippen LogP contribution is 2.35. The second-order valence-electron chi connectivity index (χ2n) is 9.17. The van der Waals surface area contributed by atoms with E-state index in [1.165, 1.54) is 27.8 Å². The van der Waals surface area contributed by atoms with Crippen molar-refractivity contribution in [3.05, 3.63) is 93.3 Å². The van der Waals surface area contributed by atoms with Crippen LogP contribution in [-0.4, -0.2) is 22.0 Å². The fraction of sp³-hybridized carbons (Fsp3) is 0.286. The van der Waals surface area contributed by atoms with Crippen LogP contribution < -0.4 is 4.90 Å². The van der Waals surface area contributed by atoms with Crippen molar-refractivity contribution in [1.82, 2.24) is 9.55 Å². The average molecular weight is 458 g/mol. The van der Waals surface area contributed by atoms with E-state index in [1.54, 1.807) is 0 Å². The van der Waals surface area contributed by atoms with E-state index in [4.69, 9.17) is 16.6 Å². The number of nitrogens with zero attached hydrogens (tertiary/aromatic N) is 3. The van der Waals surface area contributed by atoms with Crippen LogP contribution in [0.4, 0.5) is 5.69 Å². The third-order valence-electron chi connectivity index (χ3n) is 7.13. The molecule has 0 aliphatic carbocycles. The van der Waals surface area contributed by atoms with E-state index in [0.717, 1.165) is 29.1 Å². The van der Waals surface area contributed by atoms with Gasteiger partial charge in [-0.25, -0.2) is 4.98 Å². The Balaban J connectivity index is 1.58. The molecule has 5 heteroatoms. The molecule has 5 rings (SSSR count). The molecule has 1 aliphatic heterocycles. The van der Waals surface area contributed by atoms with Gasteiger partial charge in [0.25, 0.3) is 0 Å². The van der Waals surface area contributed by atoms with E-state index in [2.05, 4.69) is 56.5 Å². The van der Waals surface area contributed by atoms with E-state index in [0.29, 0.717) is 18.0 Å². The first-order chi connectivity index (χ1) is 15.8. The number of hydrogen-bond donors (Lipinski definition) is 0. The number of imidazole rings is 1. The molecule has 2 heterocycles. The molecule has 0 bridgehead atoms. The highest BCUT2D eigenvalue weighted by Gasteiger charge is 2.35. The fourth-order valence-electron chi connectivity index (χ4n) is 5.04. The van der Waals surface area contributed by atoms with Crippen LogP contribution in [0.25, 0.3) is 11.0 Å². The van der Waals surface area contributed by atoms with Crippen molar-refractivity contribution in [2.24, 2.45) is 0 Å². The maximum atomic E-state index is 13.0. The monoisotopic (exact) mass is 457 g/mol. The molecule has 1 saturated heterocycles. The summed E-state index contributed by atoms with van der Waals surface area (Å²) in [5.41, 5.74) is 9.53. The van der Waals surface area contributed by atoms with E-state index in [1.807, 2.05) is 35.2 Å². The normalized spacial score (nSPS) is 16.2. The zero-order valence-electron chi connectivity index (χ0n) is 19.5. The standard InChI is InChI=1S/C28H28ClN3O/c1-17-12-18(2)20(4)24(19(17)3)16-32-26-11-6-5-10-25(26)30-28(32)21-13-27(33)31(15-21)23-9-7-8-22(29)14-23/h5-12,14,21H,13,15-16H2,1-4H3. The molecular weight excluding hydrogens is 430 g/mol. The van der Waals surface area contributed by atoms with Gasteiger partial charge in [-0.2, -0.15) is 0 Å². The molecule has 1 fully saturated rings. The van der Waals surface area contributed by atoms with Crippen molar-refractivity contribution in [3.8, 4) is 0 Å². The van der Waals surface area contributed by atoms with E-state index in [-0.39, 0.29) is 11.8 Å². The molecule has 1 amide bonds. The van der Waals surface area contributed by atoms with E-state index >= 15 is 0 Å². The predicted molar refractivity (Wildman–Crippen MR) is 135 cm³/mol. The van der Waals surface area contributed by atoms with Crippen LogP contribution in [0, 0.1) is 27.7 Å². The molecule has 33 heavy (non-hydrogen) atoms. The van der Waals surface area contributed by atoms with E-state index in [9.17, 15) is 4.79 Å². The van der Waals surface area contributed by atoms with Gasteiger partial charge in [0.15, 0.2) is 0 Å². The van der Waals surface area contributed by atoms with Gasteiger partial charge in [0.2, 0.25) is 5.91 Å². The Morgan fingerprint density at radius 3 is 2.42 bits per heavy atom. The number of para-hydroxylation sites is 2. The molecule has 1 unspecified atom stereocenters. The Morgan fingerprint density at radius 2 is 1.70 bits per heavy atom. The third kappa shape index (κ3) is 3.83. The van der Waals surface area contributed by atoms with Gasteiger partial charge in [0.1, 0.15) is 5.82 Å². The average Bonchev–Trinajstić information content (AvgIpc) is 3.36. The minimum Gasteiger partial charge on any atom is -0.323 e. The lowest BCUT2D eigenvalue weighted by Crippen LogP contribution is -2.24. The molecular formula is C28H28ClN3O. The van der Waals surface area contributed by atoms with Gasteiger partial charge in [-0.1, -0.05) is 35.9 Å². The second kappa shape index (κ2) is 8.35. The van der Waals surface area contributed by atoms with Gasteiger partial charge in [-0.3, -0.25) is 4.79 Å². The van der Waals surface area contributed by atoms with E-state index < -0.39 is 0 Å². The van der Waals surface area contributed by atoms with Crippen LogP contribution in [0.3, 0.4) is 0 Å². The number of amides is 1. The van der Waals surface area contributed by atoms with Crippen LogP contribution >= 0.6 is 11.6 Å². The minimum absolute atomic E-state index is 0.0235. The molecule has 4 nitrogen and oxygen atoms in total. The lowest BCUT2D eigenvalue weighted by molar-refractivity contribution is -0.117. The molecule has 0 radical (unpaired) electrons. The molecule has 168 valence electrons. The number of carbonyl (C=O) groups is 1. The summed E-state index contributed by atoms with van der Waals surface area (Å²) in [7, 11) is 0. The van der Waals surface area contributed by atoms with Crippen LogP contribution in [0.2, 0.25) is 5.02 Å². The summed E-state index contributed by atoms with van der Waals surface area (Å²) in [4.78, 5) is 19.9. The molecule has 0 spiro atoms. The molecule has 0 N–H and O–H groups in total. The lowest BCUT2D eigenvalue weighted by Gasteiger charge is -2.20. The van der Waals surface area contributed by atoms with Crippen molar-refractivity contribution in [2.45, 2.75) is 46.6 Å². The summed E-state index contributed by atoms with van der Waals surface area (Å²) in [6, 6.07) is 18.0. The Labute approximate surface area is 199 Å². The quantitative estimate of drug-likeness (QED) is 0.351. The topological polar surface area (TPSA) is 38.1 Å². The summed E-state index contributed by atoms with van der Waals surface area (Å²) in [5, 5.41) is 0.636. The van der Waals surface area contributed by atoms with Crippen molar-refractivity contribution >= 4 is 34.2 Å². The Hall–Kier alpha value is -3.11. The molecule has 4 aromatic rings. The third-order valence-corrected chi connectivity index (χ3v) is 7.37. The van der Waals surface area contributed by atoms with Gasteiger partial charge >= 0.3 is 0 Å². The van der Waals surface area contributed by atoms with Crippen molar-refractivity contribution < 1.29 is 4.79 Å². The SMILES string of the molecule is Cc1cc(C)c(C)c(Cn2c(C3CC(=O)N(c4cccc(Cl)c4)C3)nc3ccccc32)c1C. The fourth-order valence-corrected chi connectivity index (χ4v) is 5.22. The number of aromatic nitrogens is 2. The van der Waals surface area contributed by atoms with Crippen LogP contribution in [0.5, 0.6) is 0 Å². The predicted octanol–water partition coefficient (Wildman–Crippen LogP) is 6.49. The van der Waals surface area contributed by atoms with Crippen molar-refractivity contribution in [1.29, 1.82) is 0 Å². The Bertz CT molecular complexity index is 1360. The van der Waals surface area contributed by atoms with Gasteiger partial charge in [-0.05, 0) is 85.8 Å². The number of hydrogen-bond acceptors (Lipinski definition) is 2. The van der Waals surface area contributed by atoms with Gasteiger partial charge < -0.3 is 9.47 Å². The number of rotatable bonds is 4. The zero-order chi connectivity index (χ0) is 23.3. The second-order valence-corrected chi connectivity index (χ2v) is 9.61. The van der Waals surface area contributed by atoms with Crippen molar-refractivity contribution in [3.63, 3.8) is 0 Å². The molecule has 1 atom stereocenters. The highest BCUT2D eigenvalue weighted by molar-refractivity contribution is 6.30. The summed E-state index contributed by atoms with van der Waals surface area (Å²) in [6.45, 7) is 10.1. The molecule has 1 aromatic heterocycles. The Kier molecular flexibility index (Phi) is 5.49. The maximum Gasteiger partial charge on any atom is 0.227 e. The van der Waals surface area contributed by atoms with Gasteiger partial charge in [0.05, 0.1) is 11.0 Å². The van der Waals surface area contributed by atoms with Crippen molar-refractivity contribution in [2.75, 3.05) is 11.4 Å². The number of carbonyl (C=O) groups excluding carboxylic acids is 1. The summed E-state index contributed by atoms with van der Waals surface area (Å²) >= 11 is 6.19. The highest BCUT2D eigenvalue weighted by atomic mass is 35.5. The molecule has 0 saturated carbocycles. The maximum absolute atomic E-state index is 13.0. The number of halogens is 1. The summed E-state index contributed by atoms with van der Waals surface area (Å²) < 4.78 is 2.32. The summed E-state index contributed by atoms with van der Waals surface area (Å²) in [5.74, 6) is 1.11. The van der Waals surface area contributed by atoms with Crippen LogP contribution in [-0.2, 0) is 11.3 Å². The number of aryl methyl sites for hydroxylation is 2. The zero-order valence-corrected chi connectivity index (χ0v) is 20.3. The number of anilines is 1. The first-order valence-corrected chi connectivity index (χ1v) is 11.8. The number of fused-ring (bicyclic) bond motifs is 1. The molecule has 1 aliphatic rings. The van der Waals surface area contributed by atoms with Gasteiger partial charge in [-0.15, -0.1) is 0 Å². The smallest absolute Gasteiger partial charge is 0.227 e.